The molecule has 2 fully saturated rings. The average Bonchev–Trinajstić information content (AvgIpc) is 3.29. The maximum absolute atomic E-state index is 5.97. The Morgan fingerprint density at radius 2 is 1.67 bits per heavy atom. The lowest BCUT2D eigenvalue weighted by molar-refractivity contribution is 0.197. The third kappa shape index (κ3) is 4.08. The largest absolute Gasteiger partial charge is 0.352 e. The monoisotopic (exact) mass is 458 g/mol. The molecule has 33 heavy (non-hydrogen) atoms. The van der Waals surface area contributed by atoms with E-state index in [4.69, 9.17) is 17.2 Å². The zero-order valence-corrected chi connectivity index (χ0v) is 21.0. The van der Waals surface area contributed by atoms with Crippen LogP contribution in [0.3, 0.4) is 0 Å². The first-order chi connectivity index (χ1) is 15.9. The van der Waals surface area contributed by atoms with E-state index in [0.717, 1.165) is 10.8 Å². The molecule has 0 radical (unpaired) electrons. The van der Waals surface area contributed by atoms with E-state index in [0.29, 0.717) is 6.04 Å². The number of aryl methyl sites for hydroxylation is 3. The molecule has 1 aliphatic carbocycles. The van der Waals surface area contributed by atoms with Gasteiger partial charge in [0.05, 0.1) is 17.8 Å². The lowest BCUT2D eigenvalue weighted by Gasteiger charge is -2.37. The predicted molar refractivity (Wildman–Crippen MR) is 139 cm³/mol. The molecule has 1 saturated heterocycles. The number of nitrogens with zero attached hydrogens (tertiary/aromatic N) is 3. The fourth-order valence-electron chi connectivity index (χ4n) is 6.01. The number of nitrogens with one attached hydrogen (secondary N) is 1. The molecule has 1 N–H and O–H groups in total. The van der Waals surface area contributed by atoms with Gasteiger partial charge in [0.2, 0.25) is 0 Å². The van der Waals surface area contributed by atoms with E-state index < -0.39 is 0 Å². The quantitative estimate of drug-likeness (QED) is 0.458. The fraction of sp³-hybridized carbons (Fsp3) is 0.429. The zero-order chi connectivity index (χ0) is 23.1. The van der Waals surface area contributed by atoms with Crippen molar-refractivity contribution in [3.8, 4) is 5.69 Å². The summed E-state index contributed by atoms with van der Waals surface area (Å²) in [6.07, 6.45) is 8.21. The Morgan fingerprint density at radius 3 is 2.33 bits per heavy atom. The van der Waals surface area contributed by atoms with Crippen LogP contribution in [0.25, 0.3) is 5.69 Å². The van der Waals surface area contributed by atoms with Gasteiger partial charge in [0.1, 0.15) is 0 Å². The Balaban J connectivity index is 1.64. The molecule has 0 unspecified atom stereocenters. The van der Waals surface area contributed by atoms with Crippen molar-refractivity contribution < 1.29 is 0 Å². The standard InChI is InChI=1S/C28H34N4S/c1-18-14-19(2)16-23(15-18)31-20(3)17-24(21(31)4)27-26(25-12-8-9-13-29-25)30-28(33)32(27)22-10-6-5-7-11-22/h8-9,12-17,22,26-27H,5-7,10-11H2,1-4H3,(H,30,33)/t26-,27+/m0/s1. The average molecular weight is 459 g/mol. The van der Waals surface area contributed by atoms with E-state index in [1.165, 1.54) is 65.9 Å². The topological polar surface area (TPSA) is 33.1 Å². The van der Waals surface area contributed by atoms with Crippen molar-refractivity contribution >= 4 is 17.3 Å². The van der Waals surface area contributed by atoms with Crippen molar-refractivity contribution in [2.45, 2.75) is 77.9 Å². The first-order valence-corrected chi connectivity index (χ1v) is 12.6. The van der Waals surface area contributed by atoms with Crippen molar-refractivity contribution in [3.05, 3.63) is 82.4 Å². The maximum atomic E-state index is 5.97. The van der Waals surface area contributed by atoms with E-state index in [1.807, 2.05) is 12.3 Å². The molecule has 4 nitrogen and oxygen atoms in total. The maximum Gasteiger partial charge on any atom is 0.170 e. The van der Waals surface area contributed by atoms with E-state index in [2.05, 4.69) is 78.9 Å². The van der Waals surface area contributed by atoms with Gasteiger partial charge in [-0.1, -0.05) is 31.4 Å². The van der Waals surface area contributed by atoms with Crippen LogP contribution in [0.2, 0.25) is 0 Å². The fourth-order valence-corrected chi connectivity index (χ4v) is 6.40. The highest BCUT2D eigenvalue weighted by Crippen LogP contribution is 2.44. The smallest absolute Gasteiger partial charge is 0.170 e. The minimum Gasteiger partial charge on any atom is -0.352 e. The molecule has 1 aliphatic heterocycles. The third-order valence-electron chi connectivity index (χ3n) is 7.36. The second kappa shape index (κ2) is 8.94. The molecule has 2 aromatic heterocycles. The predicted octanol–water partition coefficient (Wildman–Crippen LogP) is 6.41. The molecule has 2 atom stereocenters. The van der Waals surface area contributed by atoms with Crippen LogP contribution in [0.5, 0.6) is 0 Å². The van der Waals surface area contributed by atoms with E-state index in [1.54, 1.807) is 0 Å². The van der Waals surface area contributed by atoms with Crippen LogP contribution in [0.1, 0.15) is 78.0 Å². The van der Waals surface area contributed by atoms with Gasteiger partial charge < -0.3 is 14.8 Å². The summed E-state index contributed by atoms with van der Waals surface area (Å²) in [5.74, 6) is 0. The van der Waals surface area contributed by atoms with Crippen molar-refractivity contribution in [3.63, 3.8) is 0 Å². The number of pyridine rings is 1. The van der Waals surface area contributed by atoms with Gasteiger partial charge in [-0.3, -0.25) is 4.98 Å². The molecule has 3 aromatic rings. The van der Waals surface area contributed by atoms with Crippen molar-refractivity contribution in [1.29, 1.82) is 0 Å². The van der Waals surface area contributed by atoms with Gasteiger partial charge in [-0.25, -0.2) is 0 Å². The summed E-state index contributed by atoms with van der Waals surface area (Å²) < 4.78 is 2.41. The minimum absolute atomic E-state index is 0.0498. The molecule has 5 rings (SSSR count). The summed E-state index contributed by atoms with van der Waals surface area (Å²) >= 11 is 5.97. The third-order valence-corrected chi connectivity index (χ3v) is 7.69. The lowest BCUT2D eigenvalue weighted by atomic mass is 9.90. The molecule has 0 amide bonds. The Morgan fingerprint density at radius 1 is 0.939 bits per heavy atom. The number of benzene rings is 1. The molecular weight excluding hydrogens is 424 g/mol. The SMILES string of the molecule is Cc1cc(C)cc(-n2c(C)cc([C@@H]3[C@H](c4ccccn4)NC(=S)N3C3CCCCC3)c2C)c1. The Hall–Kier alpha value is -2.66. The van der Waals surface area contributed by atoms with Crippen LogP contribution in [-0.4, -0.2) is 25.6 Å². The molecule has 5 heteroatoms. The highest BCUT2D eigenvalue weighted by Gasteiger charge is 2.44. The summed E-state index contributed by atoms with van der Waals surface area (Å²) in [7, 11) is 0. The molecule has 172 valence electrons. The summed E-state index contributed by atoms with van der Waals surface area (Å²) in [5, 5.41) is 4.54. The number of thiocarbonyl (C=S) groups is 1. The van der Waals surface area contributed by atoms with Gasteiger partial charge in [0.25, 0.3) is 0 Å². The molecule has 0 bridgehead atoms. The van der Waals surface area contributed by atoms with Crippen LogP contribution in [0.15, 0.2) is 48.7 Å². The first kappa shape index (κ1) is 22.1. The highest BCUT2D eigenvalue weighted by atomic mass is 32.1. The van der Waals surface area contributed by atoms with E-state index in [-0.39, 0.29) is 12.1 Å². The summed E-state index contributed by atoms with van der Waals surface area (Å²) in [5.41, 5.74) is 8.76. The van der Waals surface area contributed by atoms with Gasteiger partial charge in [-0.15, -0.1) is 0 Å². The molecule has 1 aromatic carbocycles. The van der Waals surface area contributed by atoms with Crippen LogP contribution >= 0.6 is 12.2 Å². The van der Waals surface area contributed by atoms with Crippen LogP contribution < -0.4 is 5.32 Å². The number of aromatic nitrogens is 2. The molecular formula is C28H34N4S. The highest BCUT2D eigenvalue weighted by molar-refractivity contribution is 7.80. The number of rotatable bonds is 4. The summed E-state index contributed by atoms with van der Waals surface area (Å²) in [6, 6.07) is 16.0. The van der Waals surface area contributed by atoms with Crippen molar-refractivity contribution in [2.75, 3.05) is 0 Å². The van der Waals surface area contributed by atoms with E-state index >= 15 is 0 Å². The van der Waals surface area contributed by atoms with Gasteiger partial charge >= 0.3 is 0 Å². The Kier molecular flexibility index (Phi) is 6.00. The van der Waals surface area contributed by atoms with Gasteiger partial charge in [0.15, 0.2) is 5.11 Å². The second-order valence-electron chi connectivity index (χ2n) is 9.83. The Bertz CT molecular complexity index is 1140. The van der Waals surface area contributed by atoms with Gasteiger partial charge in [-0.2, -0.15) is 0 Å². The lowest BCUT2D eigenvalue weighted by Crippen LogP contribution is -2.40. The second-order valence-corrected chi connectivity index (χ2v) is 10.2. The first-order valence-electron chi connectivity index (χ1n) is 12.2. The van der Waals surface area contributed by atoms with Crippen molar-refractivity contribution in [1.82, 2.24) is 19.8 Å². The van der Waals surface area contributed by atoms with Crippen LogP contribution in [0, 0.1) is 27.7 Å². The minimum atomic E-state index is 0.0498. The number of hydrogen-bond donors (Lipinski definition) is 1. The van der Waals surface area contributed by atoms with Crippen LogP contribution in [-0.2, 0) is 0 Å². The molecule has 3 heterocycles. The van der Waals surface area contributed by atoms with Crippen LogP contribution in [0.4, 0.5) is 0 Å². The summed E-state index contributed by atoms with van der Waals surface area (Å²) in [6.45, 7) is 8.82. The molecule has 1 saturated carbocycles. The zero-order valence-electron chi connectivity index (χ0n) is 20.1. The molecule has 2 aliphatic rings. The Labute approximate surface area is 203 Å². The normalized spacial score (nSPS) is 21.5. The van der Waals surface area contributed by atoms with Gasteiger partial charge in [0, 0.05) is 29.3 Å². The summed E-state index contributed by atoms with van der Waals surface area (Å²) in [4.78, 5) is 7.25. The molecule has 0 spiro atoms. The van der Waals surface area contributed by atoms with Gasteiger partial charge in [-0.05, 0) is 99.8 Å². The van der Waals surface area contributed by atoms with E-state index in [9.17, 15) is 0 Å². The number of hydrogen-bond acceptors (Lipinski definition) is 2. The van der Waals surface area contributed by atoms with Crippen molar-refractivity contribution in [2.24, 2.45) is 0 Å².